The number of aromatic nitrogens is 3. The molecule has 1 aromatic heterocycles. The zero-order chi connectivity index (χ0) is 8.65. The Kier molecular flexibility index (Phi) is 1.70. The van der Waals surface area contributed by atoms with E-state index in [1.54, 1.807) is 0 Å². The smallest absolute Gasteiger partial charge is 0.225 e. The number of rotatable bonds is 0. The van der Waals surface area contributed by atoms with Crippen molar-refractivity contribution < 1.29 is 4.39 Å². The van der Waals surface area contributed by atoms with Gasteiger partial charge in [-0.25, -0.2) is 4.68 Å². The molecule has 0 aliphatic carbocycles. The molecule has 0 aliphatic rings. The fourth-order valence-corrected chi connectivity index (χ4v) is 0.683. The summed E-state index contributed by atoms with van der Waals surface area (Å²) in [6.45, 7) is 5.84. The molecular formula is C7H12FN3. The zero-order valence-corrected chi connectivity index (χ0v) is 7.22. The first-order chi connectivity index (χ1) is 4.91. The molecule has 1 rings (SSSR count). The van der Waals surface area contributed by atoms with Gasteiger partial charge in [0.15, 0.2) is 5.82 Å². The maximum Gasteiger partial charge on any atom is 0.307 e. The van der Waals surface area contributed by atoms with E-state index in [0.29, 0.717) is 5.82 Å². The predicted molar refractivity (Wildman–Crippen MR) is 39.7 cm³/mol. The highest BCUT2D eigenvalue weighted by Gasteiger charge is 2.20. The largest absolute Gasteiger partial charge is 0.307 e. The topological polar surface area (TPSA) is 30.7 Å². The molecule has 0 amide bonds. The Hall–Kier alpha value is -0.930. The van der Waals surface area contributed by atoms with Gasteiger partial charge in [0.2, 0.25) is 0 Å². The lowest BCUT2D eigenvalue weighted by molar-refractivity contribution is 0.477. The van der Waals surface area contributed by atoms with Gasteiger partial charge in [0.1, 0.15) is 0 Å². The van der Waals surface area contributed by atoms with Gasteiger partial charge in [0.05, 0.1) is 0 Å². The second-order valence-corrected chi connectivity index (χ2v) is 3.58. The molecule has 0 saturated heterocycles. The monoisotopic (exact) mass is 157 g/mol. The molecule has 11 heavy (non-hydrogen) atoms. The number of hydrogen-bond acceptors (Lipinski definition) is 2. The van der Waals surface area contributed by atoms with Crippen molar-refractivity contribution in [3.05, 3.63) is 11.9 Å². The number of aryl methyl sites for hydroxylation is 1. The molecule has 62 valence electrons. The lowest BCUT2D eigenvalue weighted by atomic mass is 9.96. The predicted octanol–water partition coefficient (Wildman–Crippen LogP) is 1.25. The third-order valence-corrected chi connectivity index (χ3v) is 1.38. The maximum atomic E-state index is 12.7. The van der Waals surface area contributed by atoms with Gasteiger partial charge in [-0.3, -0.25) is 0 Å². The third-order valence-electron chi connectivity index (χ3n) is 1.38. The van der Waals surface area contributed by atoms with Crippen LogP contribution in [0.1, 0.15) is 26.6 Å². The van der Waals surface area contributed by atoms with Crippen LogP contribution in [0.4, 0.5) is 4.39 Å². The van der Waals surface area contributed by atoms with Crippen molar-refractivity contribution in [2.24, 2.45) is 7.05 Å². The highest BCUT2D eigenvalue weighted by Crippen LogP contribution is 2.17. The third kappa shape index (κ3) is 1.56. The number of nitrogens with zero attached hydrogens (tertiary/aromatic N) is 3. The van der Waals surface area contributed by atoms with E-state index in [-0.39, 0.29) is 5.41 Å². The maximum absolute atomic E-state index is 12.7. The summed E-state index contributed by atoms with van der Waals surface area (Å²) >= 11 is 0. The van der Waals surface area contributed by atoms with Crippen LogP contribution in [0.25, 0.3) is 0 Å². The van der Waals surface area contributed by atoms with E-state index in [4.69, 9.17) is 0 Å². The molecular weight excluding hydrogens is 145 g/mol. The molecule has 0 bridgehead atoms. The second-order valence-electron chi connectivity index (χ2n) is 3.58. The van der Waals surface area contributed by atoms with Crippen LogP contribution >= 0.6 is 0 Å². The Morgan fingerprint density at radius 2 is 1.91 bits per heavy atom. The molecule has 0 spiro atoms. The standard InChI is InChI=1S/C7H12FN3/c1-7(2,3)5-9-6(8)11(4)10-5/h1-4H3. The molecule has 0 atom stereocenters. The summed E-state index contributed by atoms with van der Waals surface area (Å²) in [5, 5.41) is 3.91. The van der Waals surface area contributed by atoms with Crippen LogP contribution in [0.5, 0.6) is 0 Å². The van der Waals surface area contributed by atoms with Crippen molar-refractivity contribution in [2.75, 3.05) is 0 Å². The molecule has 3 nitrogen and oxygen atoms in total. The lowest BCUT2D eigenvalue weighted by Crippen LogP contribution is -2.13. The van der Waals surface area contributed by atoms with Gasteiger partial charge in [-0.05, 0) is 0 Å². The second kappa shape index (κ2) is 2.29. The van der Waals surface area contributed by atoms with Gasteiger partial charge < -0.3 is 0 Å². The Bertz CT molecular complexity index is 240. The fraction of sp³-hybridized carbons (Fsp3) is 0.714. The summed E-state index contributed by atoms with van der Waals surface area (Å²) in [6.07, 6.45) is -0.532. The van der Waals surface area contributed by atoms with E-state index in [1.165, 1.54) is 7.05 Å². The van der Waals surface area contributed by atoms with Crippen molar-refractivity contribution in [1.82, 2.24) is 14.8 Å². The summed E-state index contributed by atoms with van der Waals surface area (Å²) in [5.74, 6) is 0.539. The normalized spacial score (nSPS) is 12.1. The highest BCUT2D eigenvalue weighted by molar-refractivity contribution is 4.98. The minimum absolute atomic E-state index is 0.178. The first kappa shape index (κ1) is 8.17. The van der Waals surface area contributed by atoms with Gasteiger partial charge in [0.25, 0.3) is 0 Å². The van der Waals surface area contributed by atoms with E-state index in [1.807, 2.05) is 20.8 Å². The SMILES string of the molecule is Cn1nc(C(C)(C)C)nc1F. The summed E-state index contributed by atoms with van der Waals surface area (Å²) in [6, 6.07) is 0. The van der Waals surface area contributed by atoms with Crippen molar-refractivity contribution in [3.63, 3.8) is 0 Å². The van der Waals surface area contributed by atoms with Crippen LogP contribution in [0.2, 0.25) is 0 Å². The van der Waals surface area contributed by atoms with E-state index < -0.39 is 6.08 Å². The summed E-state index contributed by atoms with van der Waals surface area (Å²) < 4.78 is 13.8. The molecule has 4 heteroatoms. The van der Waals surface area contributed by atoms with Crippen LogP contribution in [0, 0.1) is 6.08 Å². The van der Waals surface area contributed by atoms with Crippen LogP contribution in [0.15, 0.2) is 0 Å². The fourth-order valence-electron chi connectivity index (χ4n) is 0.683. The zero-order valence-electron chi connectivity index (χ0n) is 7.22. The quantitative estimate of drug-likeness (QED) is 0.567. The van der Waals surface area contributed by atoms with Gasteiger partial charge in [-0.15, -0.1) is 0 Å². The van der Waals surface area contributed by atoms with Gasteiger partial charge in [-0.1, -0.05) is 20.8 Å². The van der Waals surface area contributed by atoms with Crippen LogP contribution < -0.4 is 0 Å². The molecule has 0 aliphatic heterocycles. The van der Waals surface area contributed by atoms with E-state index in [0.717, 1.165) is 4.68 Å². The van der Waals surface area contributed by atoms with Gasteiger partial charge in [-0.2, -0.15) is 14.5 Å². The van der Waals surface area contributed by atoms with Crippen molar-refractivity contribution in [3.8, 4) is 0 Å². The van der Waals surface area contributed by atoms with Crippen molar-refractivity contribution in [2.45, 2.75) is 26.2 Å². The van der Waals surface area contributed by atoms with Crippen molar-refractivity contribution >= 4 is 0 Å². The minimum atomic E-state index is -0.532. The molecule has 0 unspecified atom stereocenters. The molecule has 0 aromatic carbocycles. The van der Waals surface area contributed by atoms with Crippen LogP contribution in [0.3, 0.4) is 0 Å². The van der Waals surface area contributed by atoms with Crippen molar-refractivity contribution in [1.29, 1.82) is 0 Å². The average molecular weight is 157 g/mol. The highest BCUT2D eigenvalue weighted by atomic mass is 19.1. The first-order valence-electron chi connectivity index (χ1n) is 3.48. The number of halogens is 1. The van der Waals surface area contributed by atoms with Gasteiger partial charge >= 0.3 is 6.08 Å². The average Bonchev–Trinajstić information content (AvgIpc) is 2.11. The first-order valence-corrected chi connectivity index (χ1v) is 3.48. The molecule has 0 fully saturated rings. The molecule has 1 aromatic rings. The summed E-state index contributed by atoms with van der Waals surface area (Å²) in [5.41, 5.74) is -0.178. The van der Waals surface area contributed by atoms with Crippen LogP contribution in [-0.4, -0.2) is 14.8 Å². The Labute approximate surface area is 65.2 Å². The molecule has 0 N–H and O–H groups in total. The Morgan fingerprint density at radius 3 is 2.09 bits per heavy atom. The summed E-state index contributed by atoms with van der Waals surface area (Å²) in [7, 11) is 1.54. The Morgan fingerprint density at radius 1 is 1.36 bits per heavy atom. The lowest BCUT2D eigenvalue weighted by Gasteiger charge is -2.11. The van der Waals surface area contributed by atoms with Crippen LogP contribution in [-0.2, 0) is 12.5 Å². The van der Waals surface area contributed by atoms with E-state index in [2.05, 4.69) is 10.1 Å². The minimum Gasteiger partial charge on any atom is -0.225 e. The molecule has 0 saturated carbocycles. The molecule has 1 heterocycles. The number of hydrogen-bond donors (Lipinski definition) is 0. The summed E-state index contributed by atoms with van der Waals surface area (Å²) in [4.78, 5) is 3.67. The molecule has 0 radical (unpaired) electrons. The van der Waals surface area contributed by atoms with E-state index >= 15 is 0 Å². The van der Waals surface area contributed by atoms with E-state index in [9.17, 15) is 4.39 Å². The Balaban J connectivity index is 3.08. The van der Waals surface area contributed by atoms with Gasteiger partial charge in [0, 0.05) is 12.5 Å².